The average molecular weight is 251 g/mol. The van der Waals surface area contributed by atoms with Crippen molar-refractivity contribution >= 4 is 12.0 Å². The summed E-state index contributed by atoms with van der Waals surface area (Å²) in [6.45, 7) is 5.06. The molecule has 0 aliphatic carbocycles. The number of carboxylic acids is 1. The molecule has 0 fully saturated rings. The highest BCUT2D eigenvalue weighted by Crippen LogP contribution is 2.05. The van der Waals surface area contributed by atoms with Gasteiger partial charge in [-0.25, -0.2) is 9.59 Å². The van der Waals surface area contributed by atoms with E-state index in [1.54, 1.807) is 12.4 Å². The van der Waals surface area contributed by atoms with Crippen molar-refractivity contribution in [3.63, 3.8) is 0 Å². The fourth-order valence-corrected chi connectivity index (χ4v) is 1.24. The van der Waals surface area contributed by atoms with Crippen molar-refractivity contribution in [3.8, 4) is 0 Å². The number of aromatic nitrogens is 1. The average Bonchev–Trinajstić information content (AvgIpc) is 2.27. The molecule has 3 N–H and O–H groups in total. The number of pyridine rings is 1. The molecule has 18 heavy (non-hydrogen) atoms. The second-order valence-corrected chi connectivity index (χ2v) is 4.54. The fourth-order valence-electron chi connectivity index (χ4n) is 1.24. The van der Waals surface area contributed by atoms with Gasteiger partial charge in [-0.15, -0.1) is 0 Å². The van der Waals surface area contributed by atoms with Crippen molar-refractivity contribution in [2.24, 2.45) is 0 Å². The minimum Gasteiger partial charge on any atom is -0.480 e. The molecule has 0 saturated carbocycles. The van der Waals surface area contributed by atoms with Gasteiger partial charge in [-0.1, -0.05) is 0 Å². The van der Waals surface area contributed by atoms with E-state index in [0.717, 1.165) is 11.1 Å². The summed E-state index contributed by atoms with van der Waals surface area (Å²) in [5.74, 6) is -1.09. The second kappa shape index (κ2) is 5.48. The number of amides is 2. The van der Waals surface area contributed by atoms with Gasteiger partial charge in [-0.3, -0.25) is 4.98 Å². The number of hydrogen-bond acceptors (Lipinski definition) is 3. The first-order valence-electron chi connectivity index (χ1n) is 5.52. The van der Waals surface area contributed by atoms with Gasteiger partial charge in [0, 0.05) is 18.9 Å². The predicted octanol–water partition coefficient (Wildman–Crippen LogP) is 1.05. The molecule has 1 aromatic heterocycles. The molecular formula is C12H17N3O3. The zero-order chi connectivity index (χ0) is 13.8. The minimum atomic E-state index is -1.30. The van der Waals surface area contributed by atoms with Crippen LogP contribution in [-0.4, -0.2) is 27.6 Å². The van der Waals surface area contributed by atoms with Crippen molar-refractivity contribution in [2.45, 2.75) is 32.9 Å². The van der Waals surface area contributed by atoms with E-state index in [0.29, 0.717) is 6.54 Å². The van der Waals surface area contributed by atoms with Gasteiger partial charge < -0.3 is 15.7 Å². The largest absolute Gasteiger partial charge is 0.480 e. The zero-order valence-corrected chi connectivity index (χ0v) is 10.7. The number of rotatable bonds is 4. The van der Waals surface area contributed by atoms with Gasteiger partial charge in [0.1, 0.15) is 5.54 Å². The first kappa shape index (κ1) is 14.0. The molecule has 0 aliphatic rings. The van der Waals surface area contributed by atoms with Crippen LogP contribution in [0.15, 0.2) is 18.5 Å². The summed E-state index contributed by atoms with van der Waals surface area (Å²) in [5.41, 5.74) is 0.609. The highest BCUT2D eigenvalue weighted by Gasteiger charge is 2.28. The summed E-state index contributed by atoms with van der Waals surface area (Å²) in [7, 11) is 0. The molecule has 2 amide bonds. The quantitative estimate of drug-likeness (QED) is 0.746. The molecule has 0 saturated heterocycles. The maximum atomic E-state index is 11.5. The number of nitrogens with one attached hydrogen (secondary N) is 2. The summed E-state index contributed by atoms with van der Waals surface area (Å²) >= 11 is 0. The smallest absolute Gasteiger partial charge is 0.328 e. The van der Waals surface area contributed by atoms with Crippen molar-refractivity contribution in [1.82, 2.24) is 15.6 Å². The van der Waals surface area contributed by atoms with Gasteiger partial charge in [0.2, 0.25) is 0 Å². The maximum absolute atomic E-state index is 11.5. The standard InChI is InChI=1S/C12H17N3O3/c1-8-4-5-13-6-9(8)7-14-11(18)15-12(2,3)10(16)17/h4-6H,7H2,1-3H3,(H,16,17)(H2,14,15,18). The monoisotopic (exact) mass is 251 g/mol. The van der Waals surface area contributed by atoms with E-state index in [9.17, 15) is 9.59 Å². The number of carbonyl (C=O) groups excluding carboxylic acids is 1. The number of aryl methyl sites for hydroxylation is 1. The molecule has 0 atom stereocenters. The molecule has 0 aliphatic heterocycles. The van der Waals surface area contributed by atoms with Crippen molar-refractivity contribution in [1.29, 1.82) is 0 Å². The predicted molar refractivity (Wildman–Crippen MR) is 66.1 cm³/mol. The van der Waals surface area contributed by atoms with Crippen LogP contribution in [0.5, 0.6) is 0 Å². The number of hydrogen-bond donors (Lipinski definition) is 3. The Hall–Kier alpha value is -2.11. The lowest BCUT2D eigenvalue weighted by molar-refractivity contribution is -0.142. The van der Waals surface area contributed by atoms with Crippen LogP contribution in [0, 0.1) is 6.92 Å². The summed E-state index contributed by atoms with van der Waals surface area (Å²) in [5, 5.41) is 13.8. The van der Waals surface area contributed by atoms with Crippen LogP contribution in [0.2, 0.25) is 0 Å². The Morgan fingerprint density at radius 1 is 1.44 bits per heavy atom. The topological polar surface area (TPSA) is 91.3 Å². The summed E-state index contributed by atoms with van der Waals surface area (Å²) in [6.07, 6.45) is 3.34. The minimum absolute atomic E-state index is 0.307. The first-order valence-corrected chi connectivity index (χ1v) is 5.52. The Morgan fingerprint density at radius 3 is 2.67 bits per heavy atom. The molecular weight excluding hydrogens is 234 g/mol. The number of aliphatic carboxylic acids is 1. The third-order valence-corrected chi connectivity index (χ3v) is 2.55. The van der Waals surface area contributed by atoms with Gasteiger partial charge >= 0.3 is 12.0 Å². The Bertz CT molecular complexity index is 458. The number of nitrogens with zero attached hydrogens (tertiary/aromatic N) is 1. The molecule has 0 unspecified atom stereocenters. The van der Waals surface area contributed by atoms with Gasteiger partial charge in [0.05, 0.1) is 0 Å². The third kappa shape index (κ3) is 3.73. The van der Waals surface area contributed by atoms with Crippen LogP contribution in [0.25, 0.3) is 0 Å². The molecule has 1 rings (SSSR count). The van der Waals surface area contributed by atoms with Crippen molar-refractivity contribution in [2.75, 3.05) is 0 Å². The lowest BCUT2D eigenvalue weighted by Gasteiger charge is -2.21. The second-order valence-electron chi connectivity index (χ2n) is 4.54. The summed E-state index contributed by atoms with van der Waals surface area (Å²) in [6, 6.07) is 1.32. The Balaban J connectivity index is 2.53. The van der Waals surface area contributed by atoms with Crippen LogP contribution in [0.1, 0.15) is 25.0 Å². The Labute approximate surface area is 105 Å². The van der Waals surface area contributed by atoms with Crippen LogP contribution in [0.4, 0.5) is 4.79 Å². The van der Waals surface area contributed by atoms with Gasteiger partial charge in [-0.05, 0) is 38.0 Å². The fraction of sp³-hybridized carbons (Fsp3) is 0.417. The third-order valence-electron chi connectivity index (χ3n) is 2.55. The van der Waals surface area contributed by atoms with Crippen molar-refractivity contribution < 1.29 is 14.7 Å². The van der Waals surface area contributed by atoms with E-state index < -0.39 is 17.5 Å². The molecule has 0 aromatic carbocycles. The number of urea groups is 1. The summed E-state index contributed by atoms with van der Waals surface area (Å²) in [4.78, 5) is 26.3. The van der Waals surface area contributed by atoms with E-state index in [1.165, 1.54) is 13.8 Å². The number of carbonyl (C=O) groups is 2. The van der Waals surface area contributed by atoms with Gasteiger partial charge in [0.15, 0.2) is 0 Å². The number of carboxylic acid groups (broad SMARTS) is 1. The van der Waals surface area contributed by atoms with E-state index in [-0.39, 0.29) is 0 Å². The molecule has 1 heterocycles. The highest BCUT2D eigenvalue weighted by atomic mass is 16.4. The molecule has 0 spiro atoms. The van der Waals surface area contributed by atoms with Gasteiger partial charge in [0.25, 0.3) is 0 Å². The normalized spacial score (nSPS) is 10.8. The van der Waals surface area contributed by atoms with E-state index in [1.807, 2.05) is 13.0 Å². The zero-order valence-electron chi connectivity index (χ0n) is 10.7. The lowest BCUT2D eigenvalue weighted by atomic mass is 10.1. The molecule has 0 radical (unpaired) electrons. The first-order chi connectivity index (χ1) is 8.33. The van der Waals surface area contributed by atoms with Crippen molar-refractivity contribution in [3.05, 3.63) is 29.6 Å². The molecule has 0 bridgehead atoms. The van der Waals surface area contributed by atoms with Crippen LogP contribution in [0.3, 0.4) is 0 Å². The SMILES string of the molecule is Cc1ccncc1CNC(=O)NC(C)(C)C(=O)O. The molecule has 6 heteroatoms. The molecule has 98 valence electrons. The van der Waals surface area contributed by atoms with Crippen LogP contribution >= 0.6 is 0 Å². The lowest BCUT2D eigenvalue weighted by Crippen LogP contribution is -2.53. The Kier molecular flexibility index (Phi) is 4.25. The summed E-state index contributed by atoms with van der Waals surface area (Å²) < 4.78 is 0. The highest BCUT2D eigenvalue weighted by molar-refractivity contribution is 5.85. The van der Waals surface area contributed by atoms with Gasteiger partial charge in [-0.2, -0.15) is 0 Å². The van der Waals surface area contributed by atoms with E-state index in [4.69, 9.17) is 5.11 Å². The molecule has 1 aromatic rings. The van der Waals surface area contributed by atoms with Crippen LogP contribution < -0.4 is 10.6 Å². The Morgan fingerprint density at radius 2 is 2.11 bits per heavy atom. The molecule has 6 nitrogen and oxygen atoms in total. The maximum Gasteiger partial charge on any atom is 0.328 e. The van der Waals surface area contributed by atoms with E-state index in [2.05, 4.69) is 15.6 Å². The van der Waals surface area contributed by atoms with E-state index >= 15 is 0 Å². The van der Waals surface area contributed by atoms with Crippen LogP contribution in [-0.2, 0) is 11.3 Å².